The molecule has 252 valence electrons. The number of benzene rings is 1. The number of nitrogens with zero attached hydrogens (tertiary/aromatic N) is 2. The Bertz CT molecular complexity index is 1810. The van der Waals surface area contributed by atoms with Crippen molar-refractivity contribution in [2.75, 3.05) is 6.61 Å². The summed E-state index contributed by atoms with van der Waals surface area (Å²) in [6.07, 6.45) is 2.69. The van der Waals surface area contributed by atoms with Crippen molar-refractivity contribution in [1.29, 1.82) is 0 Å². The van der Waals surface area contributed by atoms with Gasteiger partial charge in [0, 0.05) is 81.9 Å². The minimum absolute atomic E-state index is 0.245. The van der Waals surface area contributed by atoms with Gasteiger partial charge in [0.1, 0.15) is 11.6 Å². The van der Waals surface area contributed by atoms with Gasteiger partial charge >= 0.3 is 6.18 Å². The monoisotopic (exact) mass is 654 g/mol. The van der Waals surface area contributed by atoms with Crippen LogP contribution in [0.25, 0.3) is 21.8 Å². The van der Waals surface area contributed by atoms with Gasteiger partial charge in [-0.2, -0.15) is 13.2 Å². The van der Waals surface area contributed by atoms with E-state index in [4.69, 9.17) is 4.74 Å². The van der Waals surface area contributed by atoms with Crippen molar-refractivity contribution < 1.29 is 32.5 Å². The predicted molar refractivity (Wildman–Crippen MR) is 174 cm³/mol. The highest BCUT2D eigenvalue weighted by atomic mass is 19.4. The maximum absolute atomic E-state index is 14.1. The summed E-state index contributed by atoms with van der Waals surface area (Å²) in [5.74, 6) is 0.207. The Morgan fingerprint density at radius 1 is 1.02 bits per heavy atom. The summed E-state index contributed by atoms with van der Waals surface area (Å²) in [5, 5.41) is 22.4. The first-order chi connectivity index (χ1) is 22.1. The molecule has 0 saturated heterocycles. The predicted octanol–water partition coefficient (Wildman–Crippen LogP) is 7.66. The molecule has 0 fully saturated rings. The number of rotatable bonds is 9. The SMILES string of the molecule is CC(C)(CC(O)(Cc1cc2cnccc2[nH]1)C(F)(F)F)c1cc(F)cc2c1OCC2.CCC(Cc1[nH]c2ccncc2c1C)C(C)O. The summed E-state index contributed by atoms with van der Waals surface area (Å²) >= 11 is 0. The minimum Gasteiger partial charge on any atom is -0.493 e. The highest BCUT2D eigenvalue weighted by Crippen LogP contribution is 2.47. The number of aromatic amines is 2. The Hall–Kier alpha value is -3.96. The number of alkyl halides is 3. The zero-order chi connectivity index (χ0) is 34.1. The third kappa shape index (κ3) is 7.31. The second-order valence-corrected chi connectivity index (χ2v) is 13.3. The summed E-state index contributed by atoms with van der Waals surface area (Å²) in [6.45, 7) is 9.59. The molecule has 1 aromatic carbocycles. The lowest BCUT2D eigenvalue weighted by atomic mass is 9.72. The third-order valence-corrected chi connectivity index (χ3v) is 9.34. The Morgan fingerprint density at radius 3 is 2.36 bits per heavy atom. The molecule has 1 aliphatic rings. The number of halogens is 4. The summed E-state index contributed by atoms with van der Waals surface area (Å²) in [4.78, 5) is 14.5. The number of aliphatic hydroxyl groups is 2. The van der Waals surface area contributed by atoms with E-state index in [1.807, 2.05) is 19.2 Å². The number of hydrogen-bond donors (Lipinski definition) is 4. The molecule has 0 bridgehead atoms. The van der Waals surface area contributed by atoms with Crippen LogP contribution < -0.4 is 4.74 Å². The zero-order valence-corrected chi connectivity index (χ0v) is 27.3. The first kappa shape index (κ1) is 34.4. The van der Waals surface area contributed by atoms with Crippen LogP contribution in [0.15, 0.2) is 55.1 Å². The van der Waals surface area contributed by atoms with E-state index < -0.39 is 35.9 Å². The number of H-pyrrole nitrogens is 2. The topological polar surface area (TPSA) is 107 Å². The molecule has 11 heteroatoms. The summed E-state index contributed by atoms with van der Waals surface area (Å²) in [7, 11) is 0. The van der Waals surface area contributed by atoms with Crippen LogP contribution in [0.3, 0.4) is 0 Å². The van der Waals surface area contributed by atoms with E-state index in [-0.39, 0.29) is 11.8 Å². The molecular weight excluding hydrogens is 612 g/mol. The summed E-state index contributed by atoms with van der Waals surface area (Å²) in [5.41, 5.74) is 1.24. The number of nitrogens with one attached hydrogen (secondary N) is 2. The van der Waals surface area contributed by atoms with Gasteiger partial charge in [0.2, 0.25) is 0 Å². The minimum atomic E-state index is -4.89. The van der Waals surface area contributed by atoms with Gasteiger partial charge in [-0.25, -0.2) is 4.39 Å². The molecule has 6 rings (SSSR count). The zero-order valence-electron chi connectivity index (χ0n) is 27.3. The van der Waals surface area contributed by atoms with E-state index in [2.05, 4.69) is 33.8 Å². The van der Waals surface area contributed by atoms with Gasteiger partial charge in [-0.15, -0.1) is 0 Å². The molecule has 0 spiro atoms. The Labute approximate surface area is 271 Å². The number of pyridine rings is 2. The van der Waals surface area contributed by atoms with Crippen LogP contribution in [0.1, 0.15) is 68.6 Å². The molecule has 5 aromatic rings. The van der Waals surface area contributed by atoms with Crippen LogP contribution in [-0.4, -0.2) is 54.6 Å². The average Bonchev–Trinajstić information content (AvgIpc) is 3.71. The van der Waals surface area contributed by atoms with Crippen LogP contribution in [0.5, 0.6) is 5.75 Å². The lowest BCUT2D eigenvalue weighted by Gasteiger charge is -2.38. The number of hydrogen-bond acceptors (Lipinski definition) is 5. The molecule has 3 unspecified atom stereocenters. The second-order valence-electron chi connectivity index (χ2n) is 13.3. The Balaban J connectivity index is 0.000000216. The van der Waals surface area contributed by atoms with Crippen molar-refractivity contribution in [2.24, 2.45) is 5.92 Å². The van der Waals surface area contributed by atoms with Gasteiger partial charge in [0.25, 0.3) is 0 Å². The molecular formula is C36H42F4N4O3. The number of fused-ring (bicyclic) bond motifs is 3. The van der Waals surface area contributed by atoms with E-state index in [9.17, 15) is 27.8 Å². The fourth-order valence-electron chi connectivity index (χ4n) is 6.65. The normalized spacial score (nSPS) is 15.9. The molecule has 4 aromatic heterocycles. The molecule has 0 saturated carbocycles. The van der Waals surface area contributed by atoms with E-state index in [0.717, 1.165) is 18.4 Å². The number of aromatic nitrogens is 4. The third-order valence-electron chi connectivity index (χ3n) is 9.34. The number of ether oxygens (including phenoxy) is 1. The van der Waals surface area contributed by atoms with Crippen molar-refractivity contribution >= 4 is 21.8 Å². The van der Waals surface area contributed by atoms with Crippen LogP contribution in [0.2, 0.25) is 0 Å². The average molecular weight is 655 g/mol. The second kappa shape index (κ2) is 13.3. The maximum atomic E-state index is 14.1. The Morgan fingerprint density at radius 2 is 1.72 bits per heavy atom. The van der Waals surface area contributed by atoms with Crippen molar-refractivity contribution in [3.63, 3.8) is 0 Å². The Kier molecular flexibility index (Phi) is 9.71. The van der Waals surface area contributed by atoms with Crippen molar-refractivity contribution in [3.05, 3.63) is 89.0 Å². The molecule has 0 aliphatic carbocycles. The molecule has 0 amide bonds. The molecule has 3 atom stereocenters. The van der Waals surface area contributed by atoms with Gasteiger partial charge in [0.15, 0.2) is 5.60 Å². The van der Waals surface area contributed by atoms with Crippen LogP contribution in [0, 0.1) is 18.7 Å². The molecule has 47 heavy (non-hydrogen) atoms. The molecule has 4 N–H and O–H groups in total. The van der Waals surface area contributed by atoms with E-state index in [1.54, 1.807) is 38.4 Å². The summed E-state index contributed by atoms with van der Waals surface area (Å²) < 4.78 is 61.9. The smallest absolute Gasteiger partial charge is 0.417 e. The maximum Gasteiger partial charge on any atom is 0.417 e. The summed E-state index contributed by atoms with van der Waals surface area (Å²) in [6, 6.07) is 7.75. The highest BCUT2D eigenvalue weighted by molar-refractivity contribution is 5.83. The van der Waals surface area contributed by atoms with E-state index in [0.29, 0.717) is 46.7 Å². The number of aryl methyl sites for hydroxylation is 1. The van der Waals surface area contributed by atoms with Gasteiger partial charge in [0.05, 0.1) is 12.7 Å². The lowest BCUT2D eigenvalue weighted by molar-refractivity contribution is -0.266. The molecule has 5 heterocycles. The van der Waals surface area contributed by atoms with Gasteiger partial charge in [-0.05, 0) is 73.9 Å². The van der Waals surface area contributed by atoms with Crippen molar-refractivity contribution in [1.82, 2.24) is 19.9 Å². The molecule has 1 aliphatic heterocycles. The highest BCUT2D eigenvalue weighted by Gasteiger charge is 2.56. The van der Waals surface area contributed by atoms with Gasteiger partial charge < -0.3 is 24.9 Å². The molecule has 7 nitrogen and oxygen atoms in total. The first-order valence-corrected chi connectivity index (χ1v) is 15.9. The first-order valence-electron chi connectivity index (χ1n) is 15.9. The standard InChI is InChI=1S/C22H22F4N2O2.C14H20N2O/c1-20(2,17-9-15(23)7-13-4-6-30-19(13)17)12-21(29,22(24,25)26)10-16-8-14-11-27-5-3-18(14)28-16;1-4-11(10(3)17)7-14-9(2)12-8-15-6-5-13(12)16-14/h3,5,7-9,11,28-29H,4,6,10,12H2,1-2H3;5-6,8,10-11,16-17H,4,7H2,1-3H3. The van der Waals surface area contributed by atoms with E-state index >= 15 is 0 Å². The van der Waals surface area contributed by atoms with Crippen molar-refractivity contribution in [3.8, 4) is 5.75 Å². The largest absolute Gasteiger partial charge is 0.493 e. The lowest BCUT2D eigenvalue weighted by Crippen LogP contribution is -2.51. The van der Waals surface area contributed by atoms with Crippen LogP contribution in [-0.2, 0) is 24.7 Å². The van der Waals surface area contributed by atoms with Crippen LogP contribution in [0.4, 0.5) is 17.6 Å². The fourth-order valence-corrected chi connectivity index (χ4v) is 6.65. The van der Waals surface area contributed by atoms with Gasteiger partial charge in [-0.1, -0.05) is 27.2 Å². The number of aliphatic hydroxyl groups excluding tert-OH is 1. The fraction of sp³-hybridized carbons (Fsp3) is 0.444. The molecule has 0 radical (unpaired) electrons. The quantitative estimate of drug-likeness (QED) is 0.122. The van der Waals surface area contributed by atoms with Crippen LogP contribution >= 0.6 is 0 Å². The van der Waals surface area contributed by atoms with E-state index in [1.165, 1.54) is 35.0 Å². The van der Waals surface area contributed by atoms with Gasteiger partial charge in [-0.3, -0.25) is 9.97 Å². The van der Waals surface area contributed by atoms with Crippen molar-refractivity contribution in [2.45, 2.75) is 90.0 Å².